The average molecular weight is 349 g/mol. The van der Waals surface area contributed by atoms with Gasteiger partial charge in [0, 0.05) is 5.56 Å². The van der Waals surface area contributed by atoms with Crippen molar-refractivity contribution in [3.63, 3.8) is 0 Å². The molecule has 0 atom stereocenters. The van der Waals surface area contributed by atoms with E-state index in [2.05, 4.69) is 29.6 Å². The Balaban J connectivity index is 2.05. The number of hydrazone groups is 1. The topological polar surface area (TPSA) is 41.5 Å². The van der Waals surface area contributed by atoms with Crippen LogP contribution in [0.1, 0.15) is 41.8 Å². The molecule has 0 aliphatic rings. The number of hydrogen-bond acceptors (Lipinski definition) is 2. The quantitative estimate of drug-likeness (QED) is 0.592. The Morgan fingerprint density at radius 3 is 2.30 bits per heavy atom. The van der Waals surface area contributed by atoms with Gasteiger partial charge in [0.2, 0.25) is 0 Å². The Bertz CT molecular complexity index is 724. The van der Waals surface area contributed by atoms with Gasteiger partial charge in [-0.25, -0.2) is 5.43 Å². The highest BCUT2D eigenvalue weighted by atomic mass is 35.5. The molecule has 0 fully saturated rings. The fourth-order valence-corrected chi connectivity index (χ4v) is 2.40. The Kier molecular flexibility index (Phi) is 6.20. The number of aryl methyl sites for hydroxylation is 1. The highest BCUT2D eigenvalue weighted by Gasteiger charge is 2.07. The van der Waals surface area contributed by atoms with Crippen LogP contribution in [-0.4, -0.2) is 11.6 Å². The summed E-state index contributed by atoms with van der Waals surface area (Å²) in [5.41, 5.74) is 5.95. The summed E-state index contributed by atoms with van der Waals surface area (Å²) >= 11 is 11.7. The molecule has 0 aliphatic heterocycles. The number of nitrogens with one attached hydrogen (secondary N) is 1. The molecule has 0 spiro atoms. The molecule has 2 aromatic carbocycles. The van der Waals surface area contributed by atoms with E-state index in [4.69, 9.17) is 23.2 Å². The molecule has 0 aromatic heterocycles. The first-order valence-electron chi connectivity index (χ1n) is 7.40. The summed E-state index contributed by atoms with van der Waals surface area (Å²) in [4.78, 5) is 12.1. The van der Waals surface area contributed by atoms with Gasteiger partial charge in [0.25, 0.3) is 5.91 Å². The fourth-order valence-electron chi connectivity index (χ4n) is 2.10. The van der Waals surface area contributed by atoms with Crippen LogP contribution >= 0.6 is 23.2 Å². The second-order valence-electron chi connectivity index (χ2n) is 5.21. The molecule has 0 bridgehead atoms. The first kappa shape index (κ1) is 17.5. The summed E-state index contributed by atoms with van der Waals surface area (Å²) in [6, 6.07) is 12.9. The molecule has 0 radical (unpaired) electrons. The number of rotatable bonds is 5. The molecule has 0 unspecified atom stereocenters. The Labute approximate surface area is 146 Å². The van der Waals surface area contributed by atoms with Crippen LogP contribution in [0, 0.1) is 0 Å². The van der Waals surface area contributed by atoms with E-state index in [1.165, 1.54) is 11.6 Å². The third-order valence-electron chi connectivity index (χ3n) is 3.42. The standard InChI is InChI=1S/C18H18Cl2N2O/c1-3-4-13-5-7-14(8-6-13)12(2)21-22-18(23)15-9-10-16(19)17(20)11-15/h5-11H,3-4H2,1-2H3,(H,22,23). The molecule has 0 saturated heterocycles. The molecular formula is C18H18Cl2N2O. The monoisotopic (exact) mass is 348 g/mol. The largest absolute Gasteiger partial charge is 0.271 e. The molecule has 120 valence electrons. The van der Waals surface area contributed by atoms with Crippen molar-refractivity contribution in [3.8, 4) is 0 Å². The number of carbonyl (C=O) groups is 1. The van der Waals surface area contributed by atoms with Crippen LogP contribution in [0.3, 0.4) is 0 Å². The van der Waals surface area contributed by atoms with Gasteiger partial charge in [0.1, 0.15) is 0 Å². The van der Waals surface area contributed by atoms with Crippen LogP contribution in [-0.2, 0) is 6.42 Å². The average Bonchev–Trinajstić information content (AvgIpc) is 2.56. The van der Waals surface area contributed by atoms with E-state index in [9.17, 15) is 4.79 Å². The van der Waals surface area contributed by atoms with E-state index in [0.717, 1.165) is 24.1 Å². The van der Waals surface area contributed by atoms with Gasteiger partial charge in [-0.3, -0.25) is 4.79 Å². The van der Waals surface area contributed by atoms with Gasteiger partial charge in [-0.05, 0) is 42.7 Å². The smallest absolute Gasteiger partial charge is 0.267 e. The normalized spacial score (nSPS) is 11.4. The van der Waals surface area contributed by atoms with Crippen LogP contribution in [0.2, 0.25) is 10.0 Å². The minimum Gasteiger partial charge on any atom is -0.267 e. The minimum absolute atomic E-state index is 0.328. The second kappa shape index (κ2) is 8.14. The zero-order chi connectivity index (χ0) is 16.8. The molecule has 3 nitrogen and oxygen atoms in total. The van der Waals surface area contributed by atoms with Crippen molar-refractivity contribution in [2.24, 2.45) is 5.10 Å². The Morgan fingerprint density at radius 1 is 1.04 bits per heavy atom. The van der Waals surface area contributed by atoms with E-state index >= 15 is 0 Å². The van der Waals surface area contributed by atoms with Crippen molar-refractivity contribution in [2.45, 2.75) is 26.7 Å². The van der Waals surface area contributed by atoms with Crippen LogP contribution in [0.25, 0.3) is 0 Å². The molecule has 0 heterocycles. The lowest BCUT2D eigenvalue weighted by Crippen LogP contribution is -2.19. The molecule has 1 N–H and O–H groups in total. The fraction of sp³-hybridized carbons (Fsp3) is 0.222. The van der Waals surface area contributed by atoms with Crippen molar-refractivity contribution in [2.75, 3.05) is 0 Å². The summed E-state index contributed by atoms with van der Waals surface area (Å²) in [5, 5.41) is 4.89. The zero-order valence-electron chi connectivity index (χ0n) is 13.1. The molecule has 0 saturated carbocycles. The Morgan fingerprint density at radius 2 is 1.70 bits per heavy atom. The van der Waals surface area contributed by atoms with Crippen LogP contribution in [0.4, 0.5) is 0 Å². The summed E-state index contributed by atoms with van der Waals surface area (Å²) in [6.45, 7) is 4.00. The van der Waals surface area contributed by atoms with E-state index in [-0.39, 0.29) is 5.91 Å². The maximum atomic E-state index is 12.1. The molecule has 1 amide bonds. The van der Waals surface area contributed by atoms with Crippen molar-refractivity contribution in [1.82, 2.24) is 5.43 Å². The SMILES string of the molecule is CCCc1ccc(C(C)=NNC(=O)c2ccc(Cl)c(Cl)c2)cc1. The summed E-state index contributed by atoms with van der Waals surface area (Å²) in [5.74, 6) is -0.328. The van der Waals surface area contributed by atoms with E-state index in [1.54, 1.807) is 12.1 Å². The van der Waals surface area contributed by atoms with Crippen molar-refractivity contribution >= 4 is 34.8 Å². The van der Waals surface area contributed by atoms with Gasteiger partial charge in [-0.15, -0.1) is 0 Å². The maximum absolute atomic E-state index is 12.1. The van der Waals surface area contributed by atoms with Crippen LogP contribution in [0.15, 0.2) is 47.6 Å². The molecule has 23 heavy (non-hydrogen) atoms. The van der Waals surface area contributed by atoms with Gasteiger partial charge in [-0.2, -0.15) is 5.10 Å². The van der Waals surface area contributed by atoms with Gasteiger partial charge in [-0.1, -0.05) is 60.8 Å². The highest BCUT2D eigenvalue weighted by Crippen LogP contribution is 2.22. The highest BCUT2D eigenvalue weighted by molar-refractivity contribution is 6.42. The summed E-state index contributed by atoms with van der Waals surface area (Å²) < 4.78 is 0. The molecular weight excluding hydrogens is 331 g/mol. The van der Waals surface area contributed by atoms with Crippen molar-refractivity contribution < 1.29 is 4.79 Å². The predicted octanol–water partition coefficient (Wildman–Crippen LogP) is 5.10. The van der Waals surface area contributed by atoms with Gasteiger partial charge in [0.05, 0.1) is 15.8 Å². The van der Waals surface area contributed by atoms with Gasteiger partial charge >= 0.3 is 0 Å². The van der Waals surface area contributed by atoms with Crippen molar-refractivity contribution in [1.29, 1.82) is 0 Å². The van der Waals surface area contributed by atoms with Gasteiger partial charge in [0.15, 0.2) is 0 Å². The lowest BCUT2D eigenvalue weighted by molar-refractivity contribution is 0.0955. The summed E-state index contributed by atoms with van der Waals surface area (Å²) in [7, 11) is 0. The lowest BCUT2D eigenvalue weighted by Gasteiger charge is -2.05. The first-order valence-corrected chi connectivity index (χ1v) is 8.16. The minimum atomic E-state index is -0.328. The zero-order valence-corrected chi connectivity index (χ0v) is 14.6. The van der Waals surface area contributed by atoms with Crippen LogP contribution < -0.4 is 5.43 Å². The lowest BCUT2D eigenvalue weighted by atomic mass is 10.1. The van der Waals surface area contributed by atoms with Gasteiger partial charge < -0.3 is 0 Å². The first-order chi connectivity index (χ1) is 11.0. The number of carbonyl (C=O) groups excluding carboxylic acids is 1. The Hall–Kier alpha value is -1.84. The summed E-state index contributed by atoms with van der Waals surface area (Å²) in [6.07, 6.45) is 2.18. The van der Waals surface area contributed by atoms with E-state index in [1.807, 2.05) is 19.1 Å². The van der Waals surface area contributed by atoms with E-state index in [0.29, 0.717) is 15.6 Å². The number of hydrogen-bond donors (Lipinski definition) is 1. The predicted molar refractivity (Wildman–Crippen MR) is 96.6 cm³/mol. The number of halogens is 2. The maximum Gasteiger partial charge on any atom is 0.271 e. The second-order valence-corrected chi connectivity index (χ2v) is 6.03. The third kappa shape index (κ3) is 4.81. The van der Waals surface area contributed by atoms with Crippen molar-refractivity contribution in [3.05, 3.63) is 69.2 Å². The molecule has 0 aliphatic carbocycles. The van der Waals surface area contributed by atoms with Crippen LogP contribution in [0.5, 0.6) is 0 Å². The number of benzene rings is 2. The third-order valence-corrected chi connectivity index (χ3v) is 4.16. The molecule has 2 rings (SSSR count). The van der Waals surface area contributed by atoms with E-state index < -0.39 is 0 Å². The number of amides is 1. The molecule has 2 aromatic rings. The molecule has 5 heteroatoms. The number of nitrogens with zero attached hydrogens (tertiary/aromatic N) is 1.